The molecule has 1 atom stereocenters. The van der Waals surface area contributed by atoms with Crippen molar-refractivity contribution in [3.63, 3.8) is 0 Å². The van der Waals surface area contributed by atoms with Gasteiger partial charge in [0.25, 0.3) is 0 Å². The van der Waals surface area contributed by atoms with Gasteiger partial charge in [-0.3, -0.25) is 0 Å². The zero-order valence-corrected chi connectivity index (χ0v) is 14.1. The summed E-state index contributed by atoms with van der Waals surface area (Å²) in [5, 5.41) is 2.76. The van der Waals surface area contributed by atoms with Gasteiger partial charge in [-0.15, -0.1) is 0 Å². The Kier molecular flexibility index (Phi) is 6.49. The molecule has 0 saturated heterocycles. The summed E-state index contributed by atoms with van der Waals surface area (Å²) in [4.78, 5) is 13.7. The maximum Gasteiger partial charge on any atom is 0.407 e. The normalized spacial score (nSPS) is 12.5. The third-order valence-corrected chi connectivity index (χ3v) is 3.18. The molecule has 0 heterocycles. The van der Waals surface area contributed by atoms with E-state index in [1.807, 2.05) is 57.0 Å². The Morgan fingerprint density at radius 2 is 1.91 bits per heavy atom. The molecule has 6 nitrogen and oxygen atoms in total. The van der Waals surface area contributed by atoms with Crippen LogP contribution in [0.15, 0.2) is 24.3 Å². The lowest BCUT2D eigenvalue weighted by atomic mass is 10.2. The summed E-state index contributed by atoms with van der Waals surface area (Å²) in [6.07, 6.45) is -0.436. The van der Waals surface area contributed by atoms with Crippen LogP contribution in [0, 0.1) is 0 Å². The van der Waals surface area contributed by atoms with Crippen LogP contribution in [0.5, 0.6) is 5.75 Å². The van der Waals surface area contributed by atoms with E-state index in [-0.39, 0.29) is 6.04 Å². The first-order chi connectivity index (χ1) is 10.3. The van der Waals surface area contributed by atoms with Crippen LogP contribution >= 0.6 is 0 Å². The van der Waals surface area contributed by atoms with Crippen LogP contribution < -0.4 is 20.7 Å². The van der Waals surface area contributed by atoms with Gasteiger partial charge in [-0.1, -0.05) is 0 Å². The lowest BCUT2D eigenvalue weighted by Crippen LogP contribution is -2.47. The van der Waals surface area contributed by atoms with Crippen molar-refractivity contribution in [2.24, 2.45) is 5.73 Å². The lowest BCUT2D eigenvalue weighted by Gasteiger charge is -2.30. The fraction of sp³-hybridized carbons (Fsp3) is 0.562. The van der Waals surface area contributed by atoms with E-state index in [1.165, 1.54) is 0 Å². The molecule has 0 aromatic heterocycles. The predicted molar refractivity (Wildman–Crippen MR) is 88.5 cm³/mol. The fourth-order valence-corrected chi connectivity index (χ4v) is 1.92. The van der Waals surface area contributed by atoms with Crippen LogP contribution in [0.4, 0.5) is 10.5 Å². The first-order valence-electron chi connectivity index (χ1n) is 7.30. The molecule has 0 fully saturated rings. The van der Waals surface area contributed by atoms with E-state index in [4.69, 9.17) is 15.2 Å². The Morgan fingerprint density at radius 1 is 1.32 bits per heavy atom. The van der Waals surface area contributed by atoms with Gasteiger partial charge < -0.3 is 25.4 Å². The highest BCUT2D eigenvalue weighted by Gasteiger charge is 2.19. The Hall–Kier alpha value is -1.95. The van der Waals surface area contributed by atoms with Gasteiger partial charge in [-0.2, -0.15) is 0 Å². The number of amides is 1. The Labute approximate surface area is 132 Å². The molecule has 6 heteroatoms. The maximum atomic E-state index is 11.7. The van der Waals surface area contributed by atoms with Crippen LogP contribution in [0.2, 0.25) is 0 Å². The number of carbonyl (C=O) groups is 1. The van der Waals surface area contributed by atoms with E-state index in [2.05, 4.69) is 5.32 Å². The minimum atomic E-state index is -0.510. The summed E-state index contributed by atoms with van der Waals surface area (Å²) in [6, 6.07) is 7.66. The number of methoxy groups -OCH3 is 1. The molecule has 0 spiro atoms. The molecule has 0 saturated carbocycles. The number of alkyl carbamates (subject to hydrolysis) is 1. The number of benzene rings is 1. The zero-order chi connectivity index (χ0) is 16.8. The highest BCUT2D eigenvalue weighted by atomic mass is 16.6. The van der Waals surface area contributed by atoms with Crippen LogP contribution in [-0.2, 0) is 4.74 Å². The van der Waals surface area contributed by atoms with Gasteiger partial charge in [0.2, 0.25) is 0 Å². The molecule has 0 aliphatic rings. The first kappa shape index (κ1) is 18.1. The number of likely N-dealkylation sites (N-methyl/N-ethyl adjacent to an activating group) is 1. The van der Waals surface area contributed by atoms with Gasteiger partial charge in [-0.05, 0) is 45.0 Å². The van der Waals surface area contributed by atoms with Crippen molar-refractivity contribution in [3.05, 3.63) is 24.3 Å². The van der Waals surface area contributed by atoms with Crippen molar-refractivity contribution in [2.45, 2.75) is 32.4 Å². The van der Waals surface area contributed by atoms with Gasteiger partial charge in [0.15, 0.2) is 0 Å². The molecule has 3 N–H and O–H groups in total. The number of ether oxygens (including phenoxy) is 2. The average Bonchev–Trinajstić information content (AvgIpc) is 2.46. The van der Waals surface area contributed by atoms with E-state index in [0.29, 0.717) is 13.1 Å². The van der Waals surface area contributed by atoms with Gasteiger partial charge in [-0.25, -0.2) is 4.79 Å². The number of anilines is 1. The number of nitrogens with two attached hydrogens (primary N) is 1. The summed E-state index contributed by atoms with van der Waals surface area (Å²) in [6.45, 7) is 6.32. The molecule has 0 radical (unpaired) electrons. The third kappa shape index (κ3) is 5.81. The number of nitrogens with one attached hydrogen (secondary N) is 1. The van der Waals surface area contributed by atoms with Gasteiger partial charge >= 0.3 is 6.09 Å². The molecule has 1 amide bonds. The zero-order valence-electron chi connectivity index (χ0n) is 14.1. The molecular weight excluding hydrogens is 282 g/mol. The van der Waals surface area contributed by atoms with E-state index >= 15 is 0 Å². The number of rotatable bonds is 6. The van der Waals surface area contributed by atoms with Crippen molar-refractivity contribution in [3.8, 4) is 5.75 Å². The molecule has 0 bridgehead atoms. The standard InChI is InChI=1S/C16H27N3O3/c1-16(2,3)22-15(20)18-11-13(10-17)19(4)12-6-8-14(21-5)9-7-12/h6-9,13H,10-11,17H2,1-5H3,(H,18,20). The molecule has 1 aromatic carbocycles. The largest absolute Gasteiger partial charge is 0.497 e. The average molecular weight is 309 g/mol. The fourth-order valence-electron chi connectivity index (χ4n) is 1.92. The molecule has 0 aliphatic carbocycles. The minimum Gasteiger partial charge on any atom is -0.497 e. The smallest absolute Gasteiger partial charge is 0.407 e. The number of hydrogen-bond acceptors (Lipinski definition) is 5. The Morgan fingerprint density at radius 3 is 2.36 bits per heavy atom. The summed E-state index contributed by atoms with van der Waals surface area (Å²) in [7, 11) is 3.57. The molecule has 0 aliphatic heterocycles. The molecule has 124 valence electrons. The van der Waals surface area contributed by atoms with Crippen LogP contribution in [0.25, 0.3) is 0 Å². The van der Waals surface area contributed by atoms with Crippen molar-refractivity contribution in [1.82, 2.24) is 5.32 Å². The third-order valence-electron chi connectivity index (χ3n) is 3.18. The number of hydrogen-bond donors (Lipinski definition) is 2. The van der Waals surface area contributed by atoms with Gasteiger partial charge in [0, 0.05) is 25.8 Å². The summed E-state index contributed by atoms with van der Waals surface area (Å²) >= 11 is 0. The van der Waals surface area contributed by atoms with Crippen LogP contribution in [-0.4, -0.2) is 45.0 Å². The topological polar surface area (TPSA) is 76.8 Å². The molecular formula is C16H27N3O3. The second kappa shape index (κ2) is 7.89. The number of carbonyl (C=O) groups excluding carboxylic acids is 1. The Balaban J connectivity index is 2.60. The van der Waals surface area contributed by atoms with Gasteiger partial charge in [0.05, 0.1) is 13.2 Å². The monoisotopic (exact) mass is 309 g/mol. The second-order valence-corrected chi connectivity index (χ2v) is 6.08. The quantitative estimate of drug-likeness (QED) is 0.840. The summed E-state index contributed by atoms with van der Waals surface area (Å²) in [5.41, 5.74) is 6.31. The SMILES string of the molecule is COc1ccc(N(C)C(CN)CNC(=O)OC(C)(C)C)cc1. The number of nitrogens with zero attached hydrogens (tertiary/aromatic N) is 1. The Bertz CT molecular complexity index is 469. The van der Waals surface area contributed by atoms with Crippen molar-refractivity contribution >= 4 is 11.8 Å². The first-order valence-corrected chi connectivity index (χ1v) is 7.30. The predicted octanol–water partition coefficient (Wildman–Crippen LogP) is 1.98. The van der Waals surface area contributed by atoms with Crippen molar-refractivity contribution in [1.29, 1.82) is 0 Å². The summed E-state index contributed by atoms with van der Waals surface area (Å²) in [5.74, 6) is 0.799. The van der Waals surface area contributed by atoms with E-state index < -0.39 is 11.7 Å². The minimum absolute atomic E-state index is 0.0269. The second-order valence-electron chi connectivity index (χ2n) is 6.08. The molecule has 1 aromatic rings. The lowest BCUT2D eigenvalue weighted by molar-refractivity contribution is 0.0525. The van der Waals surface area contributed by atoms with Crippen LogP contribution in [0.1, 0.15) is 20.8 Å². The summed E-state index contributed by atoms with van der Waals surface area (Å²) < 4.78 is 10.4. The van der Waals surface area contributed by atoms with E-state index in [1.54, 1.807) is 7.11 Å². The van der Waals surface area contributed by atoms with E-state index in [9.17, 15) is 4.79 Å². The van der Waals surface area contributed by atoms with Crippen molar-refractivity contribution < 1.29 is 14.3 Å². The maximum absolute atomic E-state index is 11.7. The molecule has 1 unspecified atom stereocenters. The van der Waals surface area contributed by atoms with Gasteiger partial charge in [0.1, 0.15) is 11.4 Å². The molecule has 22 heavy (non-hydrogen) atoms. The molecule has 1 rings (SSSR count). The van der Waals surface area contributed by atoms with Crippen molar-refractivity contribution in [2.75, 3.05) is 32.1 Å². The highest BCUT2D eigenvalue weighted by molar-refractivity contribution is 5.67. The van der Waals surface area contributed by atoms with E-state index in [0.717, 1.165) is 11.4 Å². The van der Waals surface area contributed by atoms with Crippen LogP contribution in [0.3, 0.4) is 0 Å². The highest BCUT2D eigenvalue weighted by Crippen LogP contribution is 2.19.